The number of nitrogens with zero attached hydrogens (tertiary/aromatic N) is 2. The van der Waals surface area contributed by atoms with Gasteiger partial charge >= 0.3 is 0 Å². The van der Waals surface area contributed by atoms with E-state index < -0.39 is 6.04 Å². The second kappa shape index (κ2) is 6.37. The second-order valence-electron chi connectivity index (χ2n) is 10.0. The molecule has 0 aromatic heterocycles. The highest BCUT2D eigenvalue weighted by atomic mass is 16.2. The Labute approximate surface area is 176 Å². The molecule has 0 radical (unpaired) electrons. The van der Waals surface area contributed by atoms with Crippen molar-refractivity contribution < 1.29 is 14.4 Å². The molecule has 0 bridgehead atoms. The monoisotopic (exact) mass is 408 g/mol. The molecule has 1 aromatic carbocycles. The molecule has 30 heavy (non-hydrogen) atoms. The third-order valence-corrected chi connectivity index (χ3v) is 8.45. The molecule has 7 heteroatoms. The Morgan fingerprint density at radius 3 is 2.57 bits per heavy atom. The van der Waals surface area contributed by atoms with Gasteiger partial charge in [-0.05, 0) is 30.4 Å². The van der Waals surface area contributed by atoms with Crippen molar-refractivity contribution >= 4 is 17.7 Å². The predicted octanol–water partition coefficient (Wildman–Crippen LogP) is 1.02. The molecule has 1 saturated carbocycles. The predicted molar refractivity (Wildman–Crippen MR) is 109 cm³/mol. The van der Waals surface area contributed by atoms with Crippen LogP contribution in [-0.2, 0) is 22.7 Å². The van der Waals surface area contributed by atoms with Gasteiger partial charge in [-0.3, -0.25) is 24.6 Å². The van der Waals surface area contributed by atoms with Crippen LogP contribution in [0.1, 0.15) is 53.6 Å². The van der Waals surface area contributed by atoms with Gasteiger partial charge in [-0.1, -0.05) is 24.6 Å². The van der Waals surface area contributed by atoms with E-state index in [0.29, 0.717) is 23.8 Å². The van der Waals surface area contributed by atoms with Gasteiger partial charge in [0.05, 0.1) is 0 Å². The zero-order chi connectivity index (χ0) is 20.5. The number of nitrogens with one attached hydrogen (secondary N) is 2. The van der Waals surface area contributed by atoms with Crippen LogP contribution >= 0.6 is 0 Å². The molecular formula is C23H28N4O3. The lowest BCUT2D eigenvalue weighted by molar-refractivity contribution is -0.136. The van der Waals surface area contributed by atoms with E-state index in [1.54, 1.807) is 4.90 Å². The maximum atomic E-state index is 13.3. The van der Waals surface area contributed by atoms with Crippen LogP contribution in [0.25, 0.3) is 0 Å². The molecule has 4 aliphatic heterocycles. The summed E-state index contributed by atoms with van der Waals surface area (Å²) in [6.07, 6.45) is 4.66. The van der Waals surface area contributed by atoms with E-state index in [-0.39, 0.29) is 24.1 Å². The van der Waals surface area contributed by atoms with Crippen LogP contribution in [0.15, 0.2) is 18.2 Å². The van der Waals surface area contributed by atoms with Crippen molar-refractivity contribution in [3.63, 3.8) is 0 Å². The number of carbonyl (C=O) groups excluding carboxylic acids is 3. The van der Waals surface area contributed by atoms with Crippen molar-refractivity contribution in [3.05, 3.63) is 34.9 Å². The zero-order valence-electron chi connectivity index (χ0n) is 17.2. The Bertz CT molecular complexity index is 928. The molecule has 4 heterocycles. The van der Waals surface area contributed by atoms with Crippen LogP contribution in [-0.4, -0.2) is 59.7 Å². The summed E-state index contributed by atoms with van der Waals surface area (Å²) in [5, 5.41) is 6.03. The van der Waals surface area contributed by atoms with Gasteiger partial charge in [0, 0.05) is 62.1 Å². The Balaban J connectivity index is 1.24. The molecule has 3 amide bonds. The number of carbonyl (C=O) groups is 3. The molecule has 3 unspecified atom stereocenters. The lowest BCUT2D eigenvalue weighted by atomic mass is 9.71. The lowest BCUT2D eigenvalue weighted by Crippen LogP contribution is -2.52. The molecule has 1 aromatic rings. The highest BCUT2D eigenvalue weighted by molar-refractivity contribution is 6.06. The Kier molecular flexibility index (Phi) is 3.93. The van der Waals surface area contributed by atoms with E-state index in [4.69, 9.17) is 0 Å². The third-order valence-electron chi connectivity index (χ3n) is 8.45. The smallest absolute Gasteiger partial charge is 0.255 e. The Morgan fingerprint density at radius 2 is 1.83 bits per heavy atom. The van der Waals surface area contributed by atoms with Crippen LogP contribution in [0.5, 0.6) is 0 Å². The van der Waals surface area contributed by atoms with E-state index in [9.17, 15) is 14.4 Å². The molecule has 6 rings (SSSR count). The van der Waals surface area contributed by atoms with E-state index in [0.717, 1.165) is 49.4 Å². The van der Waals surface area contributed by atoms with Crippen molar-refractivity contribution in [1.82, 2.24) is 20.4 Å². The summed E-state index contributed by atoms with van der Waals surface area (Å²) in [5.74, 6) is -0.660. The third kappa shape index (κ3) is 2.48. The first-order valence-corrected chi connectivity index (χ1v) is 11.2. The average Bonchev–Trinajstić information content (AvgIpc) is 3.36. The summed E-state index contributed by atoms with van der Waals surface area (Å²) >= 11 is 0. The Hall–Kier alpha value is -2.25. The number of fused-ring (bicyclic) bond motifs is 1. The fraction of sp³-hybridized carbons (Fsp3) is 0.609. The van der Waals surface area contributed by atoms with Crippen LogP contribution in [0.4, 0.5) is 0 Å². The normalized spacial score (nSPS) is 35.5. The molecule has 3 saturated heterocycles. The standard InChI is InChI=1S/C23H28N4O3/c28-18-6-5-17(20(29)25-18)27-10-16-4-1-3-15(19(16)21(27)30)9-26-13-22-7-2-8-23(22,14-26)12-24-11-22/h1,3-4,17,24H,2,5-14H2,(H,25,28,29). The molecule has 2 N–H and O–H groups in total. The largest absolute Gasteiger partial charge is 0.322 e. The summed E-state index contributed by atoms with van der Waals surface area (Å²) < 4.78 is 0. The number of imide groups is 1. The lowest BCUT2D eigenvalue weighted by Gasteiger charge is -2.30. The number of hydrogen-bond donors (Lipinski definition) is 2. The Morgan fingerprint density at radius 1 is 1.07 bits per heavy atom. The molecule has 1 aliphatic carbocycles. The maximum Gasteiger partial charge on any atom is 0.255 e. The van der Waals surface area contributed by atoms with Gasteiger partial charge in [-0.2, -0.15) is 0 Å². The topological polar surface area (TPSA) is 81.8 Å². The summed E-state index contributed by atoms with van der Waals surface area (Å²) in [5.41, 5.74) is 3.67. The summed E-state index contributed by atoms with van der Waals surface area (Å²) in [6.45, 7) is 5.70. The van der Waals surface area contributed by atoms with Crippen molar-refractivity contribution in [3.8, 4) is 0 Å². The number of piperidine rings is 1. The van der Waals surface area contributed by atoms with Crippen LogP contribution in [0.2, 0.25) is 0 Å². The summed E-state index contributed by atoms with van der Waals surface area (Å²) in [6, 6.07) is 5.55. The van der Waals surface area contributed by atoms with Crippen molar-refractivity contribution in [2.24, 2.45) is 10.8 Å². The van der Waals surface area contributed by atoms with Crippen LogP contribution < -0.4 is 10.6 Å². The van der Waals surface area contributed by atoms with Crippen molar-refractivity contribution in [2.45, 2.75) is 51.2 Å². The first-order valence-electron chi connectivity index (χ1n) is 11.2. The van der Waals surface area contributed by atoms with Gasteiger partial charge < -0.3 is 10.2 Å². The van der Waals surface area contributed by atoms with Crippen molar-refractivity contribution in [2.75, 3.05) is 26.2 Å². The molecule has 3 atom stereocenters. The molecule has 5 aliphatic rings. The van der Waals surface area contributed by atoms with E-state index in [1.165, 1.54) is 19.3 Å². The second-order valence-corrected chi connectivity index (χ2v) is 10.0. The van der Waals surface area contributed by atoms with Gasteiger partial charge in [0.2, 0.25) is 11.8 Å². The fourth-order valence-electron chi connectivity index (χ4n) is 7.08. The minimum absolute atomic E-state index is 0.0623. The summed E-state index contributed by atoms with van der Waals surface area (Å²) in [7, 11) is 0. The summed E-state index contributed by atoms with van der Waals surface area (Å²) in [4.78, 5) is 41.4. The maximum absolute atomic E-state index is 13.3. The molecular weight excluding hydrogens is 380 g/mol. The first-order chi connectivity index (χ1) is 14.5. The number of rotatable bonds is 3. The van der Waals surface area contributed by atoms with Gasteiger partial charge in [0.1, 0.15) is 6.04 Å². The van der Waals surface area contributed by atoms with E-state index in [1.807, 2.05) is 12.1 Å². The van der Waals surface area contributed by atoms with E-state index >= 15 is 0 Å². The number of amides is 3. The minimum Gasteiger partial charge on any atom is -0.322 e. The fourth-order valence-corrected chi connectivity index (χ4v) is 7.08. The average molecular weight is 409 g/mol. The minimum atomic E-state index is -0.551. The molecule has 7 nitrogen and oxygen atoms in total. The van der Waals surface area contributed by atoms with Gasteiger partial charge in [0.15, 0.2) is 0 Å². The van der Waals surface area contributed by atoms with Gasteiger partial charge in [-0.15, -0.1) is 0 Å². The number of hydrogen-bond acceptors (Lipinski definition) is 5. The van der Waals surface area contributed by atoms with Crippen LogP contribution in [0.3, 0.4) is 0 Å². The number of benzene rings is 1. The highest BCUT2D eigenvalue weighted by Gasteiger charge is 2.62. The highest BCUT2D eigenvalue weighted by Crippen LogP contribution is 2.59. The molecule has 0 spiro atoms. The zero-order valence-corrected chi connectivity index (χ0v) is 17.2. The quantitative estimate of drug-likeness (QED) is 0.730. The molecule has 4 fully saturated rings. The van der Waals surface area contributed by atoms with Crippen LogP contribution in [0, 0.1) is 10.8 Å². The molecule has 158 valence electrons. The first kappa shape index (κ1) is 18.5. The van der Waals surface area contributed by atoms with E-state index in [2.05, 4.69) is 21.6 Å². The number of likely N-dealkylation sites (tertiary alicyclic amines) is 1. The SMILES string of the molecule is O=C1CCC(N2Cc3cccc(CN4CC56CCCC5(CNC6)C4)c3C2=O)C(=O)N1. The van der Waals surface area contributed by atoms with Crippen molar-refractivity contribution in [1.29, 1.82) is 0 Å². The van der Waals surface area contributed by atoms with Gasteiger partial charge in [0.25, 0.3) is 5.91 Å². The van der Waals surface area contributed by atoms with Gasteiger partial charge in [-0.25, -0.2) is 0 Å².